The van der Waals surface area contributed by atoms with E-state index in [1.54, 1.807) is 24.3 Å². The molecule has 1 aliphatic heterocycles. The molecule has 0 aromatic carbocycles. The first-order valence-electron chi connectivity index (χ1n) is 7.82. The second-order valence-corrected chi connectivity index (χ2v) is 5.77. The molecule has 2 heterocycles. The van der Waals surface area contributed by atoms with E-state index in [0.717, 1.165) is 26.1 Å². The summed E-state index contributed by atoms with van der Waals surface area (Å²) in [5.74, 6) is -0.353. The zero-order valence-corrected chi connectivity index (χ0v) is 13.7. The number of nitrogens with zero attached hydrogens (tertiary/aromatic N) is 3. The highest BCUT2D eigenvalue weighted by molar-refractivity contribution is 5.93. The molecule has 0 radical (unpaired) electrons. The van der Waals surface area contributed by atoms with E-state index >= 15 is 0 Å². The average molecular weight is 320 g/mol. The van der Waals surface area contributed by atoms with Crippen molar-refractivity contribution in [3.05, 3.63) is 30.6 Å². The summed E-state index contributed by atoms with van der Waals surface area (Å²) in [6.45, 7) is 7.12. The summed E-state index contributed by atoms with van der Waals surface area (Å²) in [7, 11) is 1.72. The van der Waals surface area contributed by atoms with Gasteiger partial charge in [-0.3, -0.25) is 14.3 Å². The van der Waals surface area contributed by atoms with E-state index in [1.807, 2.05) is 11.6 Å². The van der Waals surface area contributed by atoms with Crippen molar-refractivity contribution >= 4 is 11.8 Å². The Morgan fingerprint density at radius 3 is 2.91 bits per heavy atom. The molecule has 1 N–H and O–H groups in total. The summed E-state index contributed by atoms with van der Waals surface area (Å²) in [6, 6.07) is 0.165. The Bertz CT molecular complexity index is 563. The number of aromatic nitrogens is 2. The van der Waals surface area contributed by atoms with E-state index in [-0.39, 0.29) is 17.9 Å². The summed E-state index contributed by atoms with van der Waals surface area (Å²) in [4.78, 5) is 25.3. The Labute approximate surface area is 136 Å². The predicted octanol–water partition coefficient (Wildman–Crippen LogP) is 0.997. The van der Waals surface area contributed by atoms with Gasteiger partial charge in [-0.25, -0.2) is 0 Å². The molecule has 126 valence electrons. The molecule has 1 atom stereocenters. The molecule has 1 saturated heterocycles. The fourth-order valence-corrected chi connectivity index (χ4v) is 2.46. The molecule has 2 rings (SSSR count). The van der Waals surface area contributed by atoms with Gasteiger partial charge in [0.25, 0.3) is 5.91 Å². The zero-order valence-electron chi connectivity index (χ0n) is 13.7. The van der Waals surface area contributed by atoms with Gasteiger partial charge in [0.1, 0.15) is 0 Å². The molecule has 7 heteroatoms. The van der Waals surface area contributed by atoms with Gasteiger partial charge in [0.05, 0.1) is 17.8 Å². The van der Waals surface area contributed by atoms with Gasteiger partial charge in [-0.05, 0) is 25.8 Å². The third-order valence-corrected chi connectivity index (χ3v) is 4.15. The van der Waals surface area contributed by atoms with Gasteiger partial charge in [-0.15, -0.1) is 0 Å². The fraction of sp³-hybridized carbons (Fsp3) is 0.562. The van der Waals surface area contributed by atoms with Crippen LogP contribution in [0.3, 0.4) is 0 Å². The normalized spacial score (nSPS) is 16.6. The highest BCUT2D eigenvalue weighted by atomic mass is 16.5. The zero-order chi connectivity index (χ0) is 16.8. The molecule has 0 spiro atoms. The van der Waals surface area contributed by atoms with Crippen molar-refractivity contribution in [2.75, 3.05) is 26.8 Å². The van der Waals surface area contributed by atoms with Crippen LogP contribution in [0.4, 0.5) is 0 Å². The highest BCUT2D eigenvalue weighted by Crippen LogP contribution is 2.20. The van der Waals surface area contributed by atoms with Crippen molar-refractivity contribution in [1.82, 2.24) is 20.0 Å². The van der Waals surface area contributed by atoms with Crippen LogP contribution in [0.1, 0.15) is 36.2 Å². The van der Waals surface area contributed by atoms with Crippen LogP contribution in [0.5, 0.6) is 0 Å². The van der Waals surface area contributed by atoms with Gasteiger partial charge >= 0.3 is 0 Å². The third kappa shape index (κ3) is 4.41. The summed E-state index contributed by atoms with van der Waals surface area (Å²) in [5.41, 5.74) is 0.556. The van der Waals surface area contributed by atoms with Crippen LogP contribution in [0.25, 0.3) is 0 Å². The molecule has 2 amide bonds. The highest BCUT2D eigenvalue weighted by Gasteiger charge is 2.22. The molecule has 23 heavy (non-hydrogen) atoms. The van der Waals surface area contributed by atoms with Crippen LogP contribution in [0, 0.1) is 0 Å². The maximum Gasteiger partial charge on any atom is 0.257 e. The van der Waals surface area contributed by atoms with Crippen molar-refractivity contribution in [2.24, 2.45) is 0 Å². The van der Waals surface area contributed by atoms with Crippen molar-refractivity contribution in [1.29, 1.82) is 0 Å². The summed E-state index contributed by atoms with van der Waals surface area (Å²) in [6.07, 6.45) is 6.43. The topological polar surface area (TPSA) is 76.5 Å². The minimum absolute atomic E-state index is 0.108. The second kappa shape index (κ2) is 7.92. The molecule has 7 nitrogen and oxygen atoms in total. The molecular weight excluding hydrogens is 296 g/mol. The van der Waals surface area contributed by atoms with Crippen LogP contribution in [-0.2, 0) is 9.53 Å². The summed E-state index contributed by atoms with van der Waals surface area (Å²) < 4.78 is 7.20. The van der Waals surface area contributed by atoms with E-state index in [2.05, 4.69) is 17.0 Å². The molecule has 0 saturated carbocycles. The van der Waals surface area contributed by atoms with Gasteiger partial charge in [-0.2, -0.15) is 5.10 Å². The molecule has 1 fully saturated rings. The van der Waals surface area contributed by atoms with Crippen molar-refractivity contribution in [2.45, 2.75) is 31.8 Å². The first kappa shape index (κ1) is 17.2. The monoisotopic (exact) mass is 320 g/mol. The second-order valence-electron chi connectivity index (χ2n) is 5.77. The number of carbonyl (C=O) groups excluding carboxylic acids is 2. The van der Waals surface area contributed by atoms with Gasteiger partial charge in [0.2, 0.25) is 5.91 Å². The standard InChI is InChI=1S/C16H24N4O3/c1-4-15(21)17-9-12(2)19(3)16(22)13-10-18-20(11-13)14-5-7-23-8-6-14/h4,10-12,14H,1,5-9H2,2-3H3,(H,17,21). The van der Waals surface area contributed by atoms with Crippen LogP contribution in [0.2, 0.25) is 0 Å². The fourth-order valence-electron chi connectivity index (χ4n) is 2.46. The van der Waals surface area contributed by atoms with Crippen molar-refractivity contribution in [3.63, 3.8) is 0 Å². The maximum absolute atomic E-state index is 12.5. The smallest absolute Gasteiger partial charge is 0.257 e. The summed E-state index contributed by atoms with van der Waals surface area (Å²) >= 11 is 0. The predicted molar refractivity (Wildman–Crippen MR) is 86.1 cm³/mol. The van der Waals surface area contributed by atoms with E-state index in [1.165, 1.54) is 6.08 Å². The first-order valence-corrected chi connectivity index (χ1v) is 7.82. The molecule has 0 bridgehead atoms. The molecule has 1 unspecified atom stereocenters. The Morgan fingerprint density at radius 2 is 2.26 bits per heavy atom. The van der Waals surface area contributed by atoms with Gasteiger partial charge in [0.15, 0.2) is 0 Å². The number of hydrogen-bond donors (Lipinski definition) is 1. The van der Waals surface area contributed by atoms with Crippen LogP contribution >= 0.6 is 0 Å². The minimum atomic E-state index is -0.245. The molecule has 1 aromatic rings. The van der Waals surface area contributed by atoms with Gasteiger partial charge in [0, 0.05) is 39.0 Å². The quantitative estimate of drug-likeness (QED) is 0.793. The molecule has 1 aliphatic rings. The number of amides is 2. The van der Waals surface area contributed by atoms with Gasteiger partial charge in [-0.1, -0.05) is 6.58 Å². The Kier molecular flexibility index (Phi) is 5.92. The van der Waals surface area contributed by atoms with E-state index < -0.39 is 0 Å². The van der Waals surface area contributed by atoms with Crippen molar-refractivity contribution < 1.29 is 14.3 Å². The number of carbonyl (C=O) groups is 2. The van der Waals surface area contributed by atoms with E-state index in [4.69, 9.17) is 4.74 Å². The lowest BCUT2D eigenvalue weighted by atomic mass is 10.1. The van der Waals surface area contributed by atoms with Crippen LogP contribution in [0.15, 0.2) is 25.0 Å². The number of nitrogens with one attached hydrogen (secondary N) is 1. The number of ether oxygens (including phenoxy) is 1. The largest absolute Gasteiger partial charge is 0.381 e. The Balaban J connectivity index is 1.95. The lowest BCUT2D eigenvalue weighted by molar-refractivity contribution is -0.116. The van der Waals surface area contributed by atoms with Crippen molar-refractivity contribution in [3.8, 4) is 0 Å². The lowest BCUT2D eigenvalue weighted by Crippen LogP contribution is -2.42. The molecule has 0 aliphatic carbocycles. The first-order chi connectivity index (χ1) is 11.0. The maximum atomic E-state index is 12.5. The minimum Gasteiger partial charge on any atom is -0.381 e. The number of rotatable bonds is 6. The number of likely N-dealkylation sites (N-methyl/N-ethyl adjacent to an activating group) is 1. The third-order valence-electron chi connectivity index (χ3n) is 4.15. The summed E-state index contributed by atoms with van der Waals surface area (Å²) in [5, 5.41) is 7.01. The van der Waals surface area contributed by atoms with Crippen LogP contribution in [-0.4, -0.2) is 59.3 Å². The molecule has 1 aromatic heterocycles. The van der Waals surface area contributed by atoms with E-state index in [0.29, 0.717) is 18.2 Å². The Morgan fingerprint density at radius 1 is 1.57 bits per heavy atom. The Hall–Kier alpha value is -2.15. The van der Waals surface area contributed by atoms with E-state index in [9.17, 15) is 9.59 Å². The average Bonchev–Trinajstić information content (AvgIpc) is 3.08. The van der Waals surface area contributed by atoms with Gasteiger partial charge < -0.3 is 15.0 Å². The lowest BCUT2D eigenvalue weighted by Gasteiger charge is -2.24. The molecular formula is C16H24N4O3. The number of hydrogen-bond acceptors (Lipinski definition) is 4. The van der Waals surface area contributed by atoms with Crippen LogP contribution < -0.4 is 5.32 Å². The SMILES string of the molecule is C=CC(=O)NCC(C)N(C)C(=O)c1cnn(C2CCOCC2)c1.